The Morgan fingerprint density at radius 3 is 2.76 bits per heavy atom. The standard InChI is InChI=1S/C15H25N5O/c1-12-17-13-10-19(7-8-20(13)18-12)14(21)9-15(11-16)5-3-2-4-6-15/h2-11,16H2,1H3. The van der Waals surface area contributed by atoms with Gasteiger partial charge in [0.2, 0.25) is 5.91 Å². The molecule has 1 aliphatic heterocycles. The number of aryl methyl sites for hydroxylation is 1. The predicted molar refractivity (Wildman–Crippen MR) is 79.4 cm³/mol. The van der Waals surface area contributed by atoms with Crippen LogP contribution in [0.5, 0.6) is 0 Å². The first-order valence-corrected chi connectivity index (χ1v) is 8.00. The van der Waals surface area contributed by atoms with Crippen molar-refractivity contribution in [1.82, 2.24) is 19.7 Å². The van der Waals surface area contributed by atoms with Crippen LogP contribution in [0, 0.1) is 12.3 Å². The number of carbonyl (C=O) groups excluding carboxylic acids is 1. The van der Waals surface area contributed by atoms with E-state index in [-0.39, 0.29) is 11.3 Å². The van der Waals surface area contributed by atoms with Crippen molar-refractivity contribution in [2.75, 3.05) is 13.1 Å². The highest BCUT2D eigenvalue weighted by Gasteiger charge is 2.35. The van der Waals surface area contributed by atoms with Gasteiger partial charge in [-0.15, -0.1) is 0 Å². The van der Waals surface area contributed by atoms with Gasteiger partial charge in [-0.3, -0.25) is 4.79 Å². The van der Waals surface area contributed by atoms with Crippen molar-refractivity contribution < 1.29 is 4.79 Å². The first-order chi connectivity index (χ1) is 10.1. The highest BCUT2D eigenvalue weighted by atomic mass is 16.2. The Morgan fingerprint density at radius 1 is 1.29 bits per heavy atom. The summed E-state index contributed by atoms with van der Waals surface area (Å²) < 4.78 is 1.92. The lowest BCUT2D eigenvalue weighted by molar-refractivity contribution is -0.135. The van der Waals surface area contributed by atoms with Gasteiger partial charge < -0.3 is 10.6 Å². The minimum Gasteiger partial charge on any atom is -0.333 e. The van der Waals surface area contributed by atoms with Gasteiger partial charge in [0.1, 0.15) is 11.6 Å². The number of hydrogen-bond acceptors (Lipinski definition) is 4. The monoisotopic (exact) mass is 291 g/mol. The molecule has 0 bridgehead atoms. The number of hydrogen-bond donors (Lipinski definition) is 1. The molecule has 2 N–H and O–H groups in total. The molecule has 1 aliphatic carbocycles. The molecule has 1 saturated carbocycles. The van der Waals surface area contributed by atoms with E-state index < -0.39 is 0 Å². The molecule has 1 amide bonds. The highest BCUT2D eigenvalue weighted by molar-refractivity contribution is 5.77. The Kier molecular flexibility index (Phi) is 3.97. The van der Waals surface area contributed by atoms with Gasteiger partial charge >= 0.3 is 0 Å². The first kappa shape index (κ1) is 14.5. The van der Waals surface area contributed by atoms with Gasteiger partial charge in [0.25, 0.3) is 0 Å². The third-order valence-electron chi connectivity index (χ3n) is 4.99. The summed E-state index contributed by atoms with van der Waals surface area (Å²) in [4.78, 5) is 19.0. The zero-order valence-corrected chi connectivity index (χ0v) is 12.8. The Bertz CT molecular complexity index is 518. The molecular weight excluding hydrogens is 266 g/mol. The topological polar surface area (TPSA) is 77.0 Å². The minimum absolute atomic E-state index is 0.0381. The lowest BCUT2D eigenvalue weighted by atomic mass is 9.71. The number of nitrogens with zero attached hydrogens (tertiary/aromatic N) is 4. The zero-order valence-electron chi connectivity index (χ0n) is 12.8. The minimum atomic E-state index is 0.0381. The molecule has 0 radical (unpaired) electrons. The maximum atomic E-state index is 12.7. The first-order valence-electron chi connectivity index (χ1n) is 8.00. The number of carbonyl (C=O) groups is 1. The van der Waals surface area contributed by atoms with Crippen LogP contribution in [-0.4, -0.2) is 38.7 Å². The predicted octanol–water partition coefficient (Wildman–Crippen LogP) is 1.23. The van der Waals surface area contributed by atoms with Crippen LogP contribution in [0.2, 0.25) is 0 Å². The number of amides is 1. The van der Waals surface area contributed by atoms with Crippen LogP contribution >= 0.6 is 0 Å². The Balaban J connectivity index is 1.66. The second kappa shape index (κ2) is 5.75. The van der Waals surface area contributed by atoms with Crippen LogP contribution in [0.1, 0.15) is 50.2 Å². The summed E-state index contributed by atoms with van der Waals surface area (Å²) in [6.45, 7) is 4.58. The maximum Gasteiger partial charge on any atom is 0.223 e. The third kappa shape index (κ3) is 2.95. The molecule has 1 fully saturated rings. The van der Waals surface area contributed by atoms with E-state index in [2.05, 4.69) is 10.1 Å². The van der Waals surface area contributed by atoms with E-state index in [0.29, 0.717) is 19.5 Å². The molecule has 0 saturated heterocycles. The SMILES string of the molecule is Cc1nc2n(n1)CCN(C(=O)CC1(CN)CCCCC1)C2. The van der Waals surface area contributed by atoms with Gasteiger partial charge in [-0.1, -0.05) is 19.3 Å². The molecule has 0 atom stereocenters. The van der Waals surface area contributed by atoms with E-state index in [1.165, 1.54) is 19.3 Å². The molecule has 0 aromatic carbocycles. The van der Waals surface area contributed by atoms with Crippen molar-refractivity contribution in [2.45, 2.75) is 58.5 Å². The lowest BCUT2D eigenvalue weighted by Crippen LogP contribution is -2.43. The van der Waals surface area contributed by atoms with Crippen molar-refractivity contribution in [1.29, 1.82) is 0 Å². The average Bonchev–Trinajstić information content (AvgIpc) is 2.87. The van der Waals surface area contributed by atoms with Crippen LogP contribution in [0.4, 0.5) is 0 Å². The summed E-state index contributed by atoms with van der Waals surface area (Å²) in [6.07, 6.45) is 6.48. The molecule has 1 aromatic rings. The largest absolute Gasteiger partial charge is 0.333 e. The average molecular weight is 291 g/mol. The van der Waals surface area contributed by atoms with E-state index in [0.717, 1.165) is 37.6 Å². The molecule has 3 rings (SSSR count). The number of nitrogens with two attached hydrogens (primary N) is 1. The molecule has 116 valence electrons. The van der Waals surface area contributed by atoms with Crippen molar-refractivity contribution >= 4 is 5.91 Å². The molecule has 2 heterocycles. The van der Waals surface area contributed by atoms with Crippen LogP contribution < -0.4 is 5.73 Å². The number of rotatable bonds is 3. The fourth-order valence-electron chi connectivity index (χ4n) is 3.66. The van der Waals surface area contributed by atoms with Gasteiger partial charge in [0.05, 0.1) is 13.1 Å². The Labute approximate surface area is 125 Å². The molecule has 0 unspecified atom stereocenters. The molecular formula is C15H25N5O. The number of fused-ring (bicyclic) bond motifs is 1. The van der Waals surface area contributed by atoms with E-state index >= 15 is 0 Å². The lowest BCUT2D eigenvalue weighted by Gasteiger charge is -2.38. The fraction of sp³-hybridized carbons (Fsp3) is 0.800. The van der Waals surface area contributed by atoms with Gasteiger partial charge in [-0.2, -0.15) is 5.10 Å². The van der Waals surface area contributed by atoms with E-state index in [4.69, 9.17) is 5.73 Å². The smallest absolute Gasteiger partial charge is 0.223 e. The van der Waals surface area contributed by atoms with E-state index in [1.807, 2.05) is 16.5 Å². The summed E-state index contributed by atoms with van der Waals surface area (Å²) in [7, 11) is 0. The summed E-state index contributed by atoms with van der Waals surface area (Å²) in [5.74, 6) is 1.91. The van der Waals surface area contributed by atoms with Crippen LogP contribution in [0.3, 0.4) is 0 Å². The zero-order chi connectivity index (χ0) is 14.9. The van der Waals surface area contributed by atoms with Crippen LogP contribution in [0.15, 0.2) is 0 Å². The van der Waals surface area contributed by atoms with Crippen LogP contribution in [0.25, 0.3) is 0 Å². The second-order valence-corrected chi connectivity index (χ2v) is 6.56. The molecule has 0 spiro atoms. The molecule has 1 aromatic heterocycles. The summed E-state index contributed by atoms with van der Waals surface area (Å²) >= 11 is 0. The fourth-order valence-corrected chi connectivity index (χ4v) is 3.66. The van der Waals surface area contributed by atoms with Gasteiger partial charge in [-0.05, 0) is 31.7 Å². The molecule has 6 nitrogen and oxygen atoms in total. The van der Waals surface area contributed by atoms with Crippen molar-refractivity contribution in [2.24, 2.45) is 11.1 Å². The van der Waals surface area contributed by atoms with Crippen molar-refractivity contribution in [3.05, 3.63) is 11.6 Å². The van der Waals surface area contributed by atoms with E-state index in [9.17, 15) is 4.79 Å². The molecule has 21 heavy (non-hydrogen) atoms. The summed E-state index contributed by atoms with van der Waals surface area (Å²) in [5, 5.41) is 4.34. The van der Waals surface area contributed by atoms with Crippen molar-refractivity contribution in [3.8, 4) is 0 Å². The maximum absolute atomic E-state index is 12.7. The molecule has 2 aliphatic rings. The van der Waals surface area contributed by atoms with Gasteiger partial charge in [0, 0.05) is 13.0 Å². The summed E-state index contributed by atoms with van der Waals surface area (Å²) in [5.41, 5.74) is 6.04. The Morgan fingerprint density at radius 2 is 2.05 bits per heavy atom. The summed E-state index contributed by atoms with van der Waals surface area (Å²) in [6, 6.07) is 0. The highest BCUT2D eigenvalue weighted by Crippen LogP contribution is 2.39. The number of aromatic nitrogens is 3. The third-order valence-corrected chi connectivity index (χ3v) is 4.99. The second-order valence-electron chi connectivity index (χ2n) is 6.56. The quantitative estimate of drug-likeness (QED) is 0.908. The van der Waals surface area contributed by atoms with E-state index in [1.54, 1.807) is 0 Å². The molecule has 6 heteroatoms. The normalized spacial score (nSPS) is 21.1. The van der Waals surface area contributed by atoms with Gasteiger partial charge in [-0.25, -0.2) is 9.67 Å². The van der Waals surface area contributed by atoms with Crippen LogP contribution in [-0.2, 0) is 17.9 Å². The van der Waals surface area contributed by atoms with Gasteiger partial charge in [0.15, 0.2) is 0 Å². The van der Waals surface area contributed by atoms with Crippen molar-refractivity contribution in [3.63, 3.8) is 0 Å². The Hall–Kier alpha value is -1.43.